The zero-order chi connectivity index (χ0) is 18.4. The zero-order valence-electron chi connectivity index (χ0n) is 13.3. The van der Waals surface area contributed by atoms with Crippen LogP contribution in [0, 0.1) is 10.1 Å². The molecular formula is C16H16N4O5. The summed E-state index contributed by atoms with van der Waals surface area (Å²) < 4.78 is 5.16. The van der Waals surface area contributed by atoms with Gasteiger partial charge < -0.3 is 15.6 Å². The summed E-state index contributed by atoms with van der Waals surface area (Å²) in [5.74, 6) is -1.09. The first-order valence-corrected chi connectivity index (χ1v) is 7.25. The van der Waals surface area contributed by atoms with Crippen molar-refractivity contribution in [2.75, 3.05) is 12.3 Å². The molecule has 0 saturated carbocycles. The summed E-state index contributed by atoms with van der Waals surface area (Å²) in [7, 11) is 0. The Morgan fingerprint density at radius 1 is 1.44 bits per heavy atom. The van der Waals surface area contributed by atoms with E-state index in [-0.39, 0.29) is 17.9 Å². The summed E-state index contributed by atoms with van der Waals surface area (Å²) in [5, 5.41) is 24.6. The Balaban J connectivity index is 2.20. The Kier molecular flexibility index (Phi) is 5.51. The van der Waals surface area contributed by atoms with Gasteiger partial charge >= 0.3 is 5.69 Å². The number of nitrogens with two attached hydrogens (primary N) is 1. The van der Waals surface area contributed by atoms with Gasteiger partial charge in [0.2, 0.25) is 5.75 Å². The summed E-state index contributed by atoms with van der Waals surface area (Å²) in [6.07, 6.45) is 1.21. The molecule has 0 aliphatic carbocycles. The second-order valence-electron chi connectivity index (χ2n) is 4.90. The van der Waals surface area contributed by atoms with Gasteiger partial charge in [-0.2, -0.15) is 5.10 Å². The second-order valence-corrected chi connectivity index (χ2v) is 4.90. The molecular weight excluding hydrogens is 328 g/mol. The average molecular weight is 344 g/mol. The molecule has 0 heterocycles. The van der Waals surface area contributed by atoms with Gasteiger partial charge in [0.1, 0.15) is 0 Å². The van der Waals surface area contributed by atoms with Gasteiger partial charge in [0.05, 0.1) is 17.7 Å². The number of nitrogen functional groups attached to an aromatic ring is 1. The third-order valence-electron chi connectivity index (χ3n) is 3.10. The number of nitro benzene ring substituents is 1. The van der Waals surface area contributed by atoms with Crippen LogP contribution >= 0.6 is 0 Å². The van der Waals surface area contributed by atoms with Gasteiger partial charge in [-0.05, 0) is 31.2 Å². The number of aromatic hydroxyl groups is 1. The van der Waals surface area contributed by atoms with Crippen molar-refractivity contribution in [3.05, 3.63) is 57.6 Å². The van der Waals surface area contributed by atoms with Crippen LogP contribution in [0.3, 0.4) is 0 Å². The average Bonchev–Trinajstić information content (AvgIpc) is 2.57. The van der Waals surface area contributed by atoms with Crippen LogP contribution in [0.15, 0.2) is 41.5 Å². The molecule has 0 fully saturated rings. The number of carbonyl (C=O) groups is 1. The Hall–Kier alpha value is -3.62. The van der Waals surface area contributed by atoms with Gasteiger partial charge in [0.15, 0.2) is 5.75 Å². The molecule has 0 unspecified atom stereocenters. The smallest absolute Gasteiger partial charge is 0.315 e. The molecule has 0 atom stereocenters. The van der Waals surface area contributed by atoms with Crippen molar-refractivity contribution < 1.29 is 19.6 Å². The molecule has 2 aromatic carbocycles. The minimum absolute atomic E-state index is 0.0414. The molecule has 0 radical (unpaired) electrons. The third kappa shape index (κ3) is 4.44. The molecule has 25 heavy (non-hydrogen) atoms. The van der Waals surface area contributed by atoms with Crippen LogP contribution in [0.2, 0.25) is 0 Å². The van der Waals surface area contributed by atoms with Gasteiger partial charge in [-0.1, -0.05) is 6.07 Å². The Morgan fingerprint density at radius 3 is 2.84 bits per heavy atom. The van der Waals surface area contributed by atoms with Crippen LogP contribution in [-0.4, -0.2) is 28.8 Å². The van der Waals surface area contributed by atoms with Crippen molar-refractivity contribution in [3.63, 3.8) is 0 Å². The molecule has 130 valence electrons. The quantitative estimate of drug-likeness (QED) is 0.317. The van der Waals surface area contributed by atoms with E-state index in [0.717, 1.165) is 6.07 Å². The molecule has 9 nitrogen and oxygen atoms in total. The second kappa shape index (κ2) is 7.77. The number of phenolic OH excluding ortho intramolecular Hbond substituents is 1. The van der Waals surface area contributed by atoms with Gasteiger partial charge in [0.25, 0.3) is 5.91 Å². The number of phenols is 1. The predicted molar refractivity (Wildman–Crippen MR) is 91.8 cm³/mol. The van der Waals surface area contributed by atoms with E-state index in [0.29, 0.717) is 11.3 Å². The molecule has 0 aliphatic heterocycles. The monoisotopic (exact) mass is 344 g/mol. The topological polar surface area (TPSA) is 140 Å². The number of nitrogens with one attached hydrogen (secondary N) is 1. The van der Waals surface area contributed by atoms with Gasteiger partial charge in [0, 0.05) is 22.9 Å². The number of amides is 1. The minimum atomic E-state index is -0.736. The minimum Gasteiger partial charge on any atom is -0.500 e. The molecule has 0 bridgehead atoms. The molecule has 0 aromatic heterocycles. The summed E-state index contributed by atoms with van der Waals surface area (Å²) in [4.78, 5) is 22.2. The maximum absolute atomic E-state index is 11.9. The molecule has 4 N–H and O–H groups in total. The van der Waals surface area contributed by atoms with Crippen molar-refractivity contribution in [2.24, 2.45) is 5.10 Å². The summed E-state index contributed by atoms with van der Waals surface area (Å²) in [6.45, 7) is 1.90. The standard InChI is InChI=1S/C16H16N4O5/c1-2-25-14-7-10(6-13(15(14)21)20(23)24)9-18-19-16(22)11-4-3-5-12(17)8-11/h3-9,21H,2,17H2,1H3,(H,19,22)/b18-9-. The maximum atomic E-state index is 11.9. The van der Waals surface area contributed by atoms with E-state index >= 15 is 0 Å². The number of hydrazone groups is 1. The SMILES string of the molecule is CCOc1cc(/C=N\NC(=O)c2cccc(N)c2)cc([N+](=O)[O-])c1O. The third-order valence-corrected chi connectivity index (χ3v) is 3.10. The highest BCUT2D eigenvalue weighted by Gasteiger charge is 2.19. The lowest BCUT2D eigenvalue weighted by Crippen LogP contribution is -2.17. The molecule has 0 saturated heterocycles. The molecule has 0 spiro atoms. The Morgan fingerprint density at radius 2 is 2.20 bits per heavy atom. The van der Waals surface area contributed by atoms with Gasteiger partial charge in [-0.3, -0.25) is 14.9 Å². The lowest BCUT2D eigenvalue weighted by molar-refractivity contribution is -0.386. The number of nitrogens with zero attached hydrogens (tertiary/aromatic N) is 2. The fourth-order valence-electron chi connectivity index (χ4n) is 2.00. The normalized spacial score (nSPS) is 10.6. The Labute approximate surface area is 142 Å². The van der Waals surface area contributed by atoms with Gasteiger partial charge in [-0.25, -0.2) is 5.43 Å². The van der Waals surface area contributed by atoms with Gasteiger partial charge in [-0.15, -0.1) is 0 Å². The number of benzene rings is 2. The number of nitro groups is 1. The highest BCUT2D eigenvalue weighted by molar-refractivity contribution is 5.95. The molecule has 1 amide bonds. The lowest BCUT2D eigenvalue weighted by atomic mass is 10.2. The van der Waals surface area contributed by atoms with Crippen LogP contribution in [-0.2, 0) is 0 Å². The largest absolute Gasteiger partial charge is 0.500 e. The number of ether oxygens (including phenoxy) is 1. The van der Waals surface area contributed by atoms with E-state index in [1.165, 1.54) is 18.3 Å². The zero-order valence-corrected chi connectivity index (χ0v) is 13.3. The number of anilines is 1. The molecule has 2 aromatic rings. The highest BCUT2D eigenvalue weighted by Crippen LogP contribution is 2.36. The van der Waals surface area contributed by atoms with Crippen molar-refractivity contribution in [3.8, 4) is 11.5 Å². The van der Waals surface area contributed by atoms with Crippen LogP contribution in [0.4, 0.5) is 11.4 Å². The van der Waals surface area contributed by atoms with Crippen LogP contribution < -0.4 is 15.9 Å². The first-order chi connectivity index (χ1) is 11.9. The maximum Gasteiger partial charge on any atom is 0.315 e. The van der Waals surface area contributed by atoms with E-state index < -0.39 is 22.3 Å². The number of rotatable bonds is 6. The van der Waals surface area contributed by atoms with Crippen molar-refractivity contribution >= 4 is 23.5 Å². The van der Waals surface area contributed by atoms with Crippen LogP contribution in [0.5, 0.6) is 11.5 Å². The molecule has 0 aliphatic rings. The Bertz CT molecular complexity index is 835. The summed E-state index contributed by atoms with van der Waals surface area (Å²) in [5.41, 5.74) is 8.41. The summed E-state index contributed by atoms with van der Waals surface area (Å²) in [6, 6.07) is 8.83. The van der Waals surface area contributed by atoms with Crippen molar-refractivity contribution in [1.29, 1.82) is 0 Å². The van der Waals surface area contributed by atoms with Crippen LogP contribution in [0.25, 0.3) is 0 Å². The predicted octanol–water partition coefficient (Wildman–Crippen LogP) is 2.05. The van der Waals surface area contributed by atoms with E-state index in [2.05, 4.69) is 10.5 Å². The molecule has 9 heteroatoms. The summed E-state index contributed by atoms with van der Waals surface area (Å²) >= 11 is 0. The van der Waals surface area contributed by atoms with E-state index in [1.54, 1.807) is 25.1 Å². The molecule has 2 rings (SSSR count). The van der Waals surface area contributed by atoms with Crippen LogP contribution in [0.1, 0.15) is 22.8 Å². The number of hydrogen-bond donors (Lipinski definition) is 3. The number of carbonyl (C=O) groups excluding carboxylic acids is 1. The van der Waals surface area contributed by atoms with E-state index in [1.807, 2.05) is 0 Å². The first-order valence-electron chi connectivity index (χ1n) is 7.25. The van der Waals surface area contributed by atoms with Crippen molar-refractivity contribution in [2.45, 2.75) is 6.92 Å². The van der Waals surface area contributed by atoms with E-state index in [9.17, 15) is 20.0 Å². The first kappa shape index (κ1) is 17.7. The fourth-order valence-corrected chi connectivity index (χ4v) is 2.00. The number of hydrogen-bond acceptors (Lipinski definition) is 7. The van der Waals surface area contributed by atoms with Crippen molar-refractivity contribution in [1.82, 2.24) is 5.43 Å². The van der Waals surface area contributed by atoms with E-state index in [4.69, 9.17) is 10.5 Å². The fraction of sp³-hybridized carbons (Fsp3) is 0.125. The lowest BCUT2D eigenvalue weighted by Gasteiger charge is -2.07. The highest BCUT2D eigenvalue weighted by atomic mass is 16.6.